The first-order valence-corrected chi connectivity index (χ1v) is 7.44. The Balaban J connectivity index is 3.01. The molecule has 0 saturated carbocycles. The highest BCUT2D eigenvalue weighted by Crippen LogP contribution is 2.20. The molecule has 1 atom stereocenters. The fraction of sp³-hybridized carbons (Fsp3) is 0.583. The molecule has 0 bridgehead atoms. The molecule has 0 radical (unpaired) electrons. The Hall–Kier alpha value is -1.34. The zero-order valence-electron chi connectivity index (χ0n) is 11.4. The molecule has 0 spiro atoms. The lowest BCUT2D eigenvalue weighted by molar-refractivity contribution is -0.139. The van der Waals surface area contributed by atoms with Crippen molar-refractivity contribution in [3.8, 4) is 0 Å². The lowest BCUT2D eigenvalue weighted by Gasteiger charge is -2.16. The van der Waals surface area contributed by atoms with Crippen LogP contribution in [-0.4, -0.2) is 25.5 Å². The number of aliphatic carboxylic acids is 1. The molecule has 0 aliphatic heterocycles. The fourth-order valence-electron chi connectivity index (χ4n) is 1.80. The lowest BCUT2D eigenvalue weighted by Crippen LogP contribution is -2.41. The van der Waals surface area contributed by atoms with E-state index in [1.807, 2.05) is 13.8 Å². The number of sulfonamides is 1. The number of carboxylic acids is 1. The molecule has 0 saturated heterocycles. The number of rotatable bonds is 6. The minimum absolute atomic E-state index is 0.0139. The maximum Gasteiger partial charge on any atom is 0.321 e. The summed E-state index contributed by atoms with van der Waals surface area (Å²) in [4.78, 5) is 11.1. The Kier molecular flexibility index (Phi) is 4.75. The van der Waals surface area contributed by atoms with E-state index in [-0.39, 0.29) is 23.0 Å². The van der Waals surface area contributed by atoms with Crippen LogP contribution in [0.1, 0.15) is 31.8 Å². The molecule has 19 heavy (non-hydrogen) atoms. The molecule has 0 aromatic carbocycles. The van der Waals surface area contributed by atoms with Gasteiger partial charge in [-0.15, -0.1) is 0 Å². The summed E-state index contributed by atoms with van der Waals surface area (Å²) in [5.74, 6) is -0.404. The minimum atomic E-state index is -3.88. The smallest absolute Gasteiger partial charge is 0.321 e. The van der Waals surface area contributed by atoms with E-state index in [1.54, 1.807) is 6.92 Å². The number of carbonyl (C=O) groups is 1. The second-order valence-electron chi connectivity index (χ2n) is 4.92. The van der Waals surface area contributed by atoms with Crippen molar-refractivity contribution >= 4 is 16.0 Å². The second-order valence-corrected chi connectivity index (χ2v) is 6.60. The molecule has 0 amide bonds. The summed E-state index contributed by atoms with van der Waals surface area (Å²) in [5, 5.41) is 9.06. The highest BCUT2D eigenvalue weighted by molar-refractivity contribution is 7.89. The van der Waals surface area contributed by atoms with Crippen molar-refractivity contribution in [2.45, 2.75) is 45.1 Å². The van der Waals surface area contributed by atoms with E-state index in [0.717, 1.165) is 0 Å². The maximum absolute atomic E-state index is 12.1. The van der Waals surface area contributed by atoms with Crippen molar-refractivity contribution in [2.75, 3.05) is 0 Å². The molecule has 1 heterocycles. The highest BCUT2D eigenvalue weighted by Gasteiger charge is 2.28. The van der Waals surface area contributed by atoms with Gasteiger partial charge >= 0.3 is 5.97 Å². The van der Waals surface area contributed by atoms with Gasteiger partial charge in [0.15, 0.2) is 0 Å². The van der Waals surface area contributed by atoms with E-state index in [0.29, 0.717) is 5.76 Å². The molecule has 2 N–H and O–H groups in total. The Morgan fingerprint density at radius 3 is 2.37 bits per heavy atom. The standard InChI is InChI=1S/C12H19NO5S/c1-7(2)5-10(12(14)15)13-19(16,17)11-6-8(3)18-9(11)4/h6-7,10,13H,5H2,1-4H3,(H,14,15)/t10-/m1/s1. The number of nitrogens with one attached hydrogen (secondary N) is 1. The molecule has 1 rings (SSSR count). The third kappa shape index (κ3) is 4.07. The molecule has 7 heteroatoms. The number of carboxylic acid groups (broad SMARTS) is 1. The molecular weight excluding hydrogens is 270 g/mol. The molecule has 6 nitrogen and oxygen atoms in total. The van der Waals surface area contributed by atoms with E-state index in [1.165, 1.54) is 13.0 Å². The zero-order chi connectivity index (χ0) is 14.8. The van der Waals surface area contributed by atoms with Crippen molar-refractivity contribution in [1.29, 1.82) is 0 Å². The van der Waals surface area contributed by atoms with Gasteiger partial charge in [0.2, 0.25) is 10.0 Å². The van der Waals surface area contributed by atoms with Crippen LogP contribution in [0.15, 0.2) is 15.4 Å². The van der Waals surface area contributed by atoms with Gasteiger partial charge in [-0.1, -0.05) is 13.8 Å². The average molecular weight is 289 g/mol. The zero-order valence-corrected chi connectivity index (χ0v) is 12.2. The summed E-state index contributed by atoms with van der Waals surface area (Å²) in [6, 6.07) is 0.242. The van der Waals surface area contributed by atoms with Gasteiger partial charge in [0.1, 0.15) is 22.5 Å². The van der Waals surface area contributed by atoms with E-state index >= 15 is 0 Å². The number of hydrogen-bond acceptors (Lipinski definition) is 4. The summed E-state index contributed by atoms with van der Waals surface area (Å²) >= 11 is 0. The van der Waals surface area contributed by atoms with Crippen molar-refractivity contribution in [1.82, 2.24) is 4.72 Å². The SMILES string of the molecule is Cc1cc(S(=O)(=O)N[C@H](CC(C)C)C(=O)O)c(C)o1. The van der Waals surface area contributed by atoms with Gasteiger partial charge in [0.25, 0.3) is 0 Å². The van der Waals surface area contributed by atoms with Crippen molar-refractivity contribution in [3.05, 3.63) is 17.6 Å². The van der Waals surface area contributed by atoms with E-state index in [9.17, 15) is 13.2 Å². The van der Waals surface area contributed by atoms with Gasteiger partial charge in [-0.3, -0.25) is 4.79 Å². The normalized spacial score (nSPS) is 13.7. The summed E-state index contributed by atoms with van der Waals surface area (Å²) in [5.41, 5.74) is 0. The topological polar surface area (TPSA) is 96.6 Å². The van der Waals surface area contributed by atoms with Gasteiger partial charge < -0.3 is 9.52 Å². The molecule has 0 unspecified atom stereocenters. The second kappa shape index (κ2) is 5.75. The summed E-state index contributed by atoms with van der Waals surface area (Å²) in [7, 11) is -3.88. The third-order valence-corrected chi connectivity index (χ3v) is 4.17. The monoisotopic (exact) mass is 289 g/mol. The van der Waals surface area contributed by atoms with E-state index < -0.39 is 22.0 Å². The van der Waals surface area contributed by atoms with Crippen LogP contribution in [0, 0.1) is 19.8 Å². The Bertz CT molecular complexity index is 559. The van der Waals surface area contributed by atoms with Gasteiger partial charge in [0.05, 0.1) is 0 Å². The first-order valence-electron chi connectivity index (χ1n) is 5.95. The van der Waals surface area contributed by atoms with Crippen LogP contribution >= 0.6 is 0 Å². The van der Waals surface area contributed by atoms with Crippen LogP contribution in [0.5, 0.6) is 0 Å². The van der Waals surface area contributed by atoms with E-state index in [2.05, 4.69) is 4.72 Å². The number of hydrogen-bond donors (Lipinski definition) is 2. The quantitative estimate of drug-likeness (QED) is 0.830. The number of furan rings is 1. The average Bonchev–Trinajstić information content (AvgIpc) is 2.56. The van der Waals surface area contributed by atoms with Crippen LogP contribution in [0.4, 0.5) is 0 Å². The molecule has 1 aromatic heterocycles. The molecule has 0 aliphatic carbocycles. The molecular formula is C12H19NO5S. The van der Waals surface area contributed by atoms with Gasteiger partial charge in [-0.05, 0) is 32.3 Å². The minimum Gasteiger partial charge on any atom is -0.480 e. The molecule has 0 fully saturated rings. The van der Waals surface area contributed by atoms with Gasteiger partial charge in [0, 0.05) is 0 Å². The molecule has 1 aromatic rings. The van der Waals surface area contributed by atoms with Crippen LogP contribution in [-0.2, 0) is 14.8 Å². The first kappa shape index (κ1) is 15.7. The largest absolute Gasteiger partial charge is 0.480 e. The van der Waals surface area contributed by atoms with Gasteiger partial charge in [-0.25, -0.2) is 8.42 Å². The number of aryl methyl sites for hydroxylation is 2. The highest BCUT2D eigenvalue weighted by atomic mass is 32.2. The molecule has 0 aliphatic rings. The van der Waals surface area contributed by atoms with Crippen LogP contribution in [0.25, 0.3) is 0 Å². The molecule has 108 valence electrons. The van der Waals surface area contributed by atoms with Crippen LogP contribution < -0.4 is 4.72 Å². The van der Waals surface area contributed by atoms with Crippen LogP contribution in [0.2, 0.25) is 0 Å². The Morgan fingerprint density at radius 1 is 1.42 bits per heavy atom. The predicted octanol–water partition coefficient (Wildman–Crippen LogP) is 1.67. The fourth-order valence-corrected chi connectivity index (χ4v) is 3.24. The maximum atomic E-state index is 12.1. The third-order valence-electron chi connectivity index (χ3n) is 2.59. The van der Waals surface area contributed by atoms with Crippen molar-refractivity contribution < 1.29 is 22.7 Å². The van der Waals surface area contributed by atoms with E-state index in [4.69, 9.17) is 9.52 Å². The first-order chi connectivity index (χ1) is 8.63. The Labute approximate surface area is 112 Å². The summed E-state index contributed by atoms with van der Waals surface area (Å²) < 4.78 is 31.6. The Morgan fingerprint density at radius 2 is 2.00 bits per heavy atom. The lowest BCUT2D eigenvalue weighted by atomic mass is 10.1. The van der Waals surface area contributed by atoms with Crippen LogP contribution in [0.3, 0.4) is 0 Å². The summed E-state index contributed by atoms with van der Waals surface area (Å²) in [6.45, 7) is 6.82. The van der Waals surface area contributed by atoms with Crippen molar-refractivity contribution in [3.63, 3.8) is 0 Å². The predicted molar refractivity (Wildman–Crippen MR) is 69.4 cm³/mol. The summed E-state index contributed by atoms with van der Waals surface area (Å²) in [6.07, 6.45) is 0.227. The van der Waals surface area contributed by atoms with Gasteiger partial charge in [-0.2, -0.15) is 4.72 Å². The van der Waals surface area contributed by atoms with Crippen molar-refractivity contribution in [2.24, 2.45) is 5.92 Å².